The lowest BCUT2D eigenvalue weighted by atomic mass is 10.0. The summed E-state index contributed by atoms with van der Waals surface area (Å²) in [7, 11) is 0. The summed E-state index contributed by atoms with van der Waals surface area (Å²) in [5.74, 6) is 1.69. The van der Waals surface area contributed by atoms with Gasteiger partial charge in [0, 0.05) is 5.56 Å². The normalized spacial score (nSPS) is 10.9. The van der Waals surface area contributed by atoms with E-state index in [0.717, 1.165) is 17.1 Å². The fourth-order valence-electron chi connectivity index (χ4n) is 2.07. The second-order valence-electron chi connectivity index (χ2n) is 4.00. The smallest absolute Gasteiger partial charge is 0.134 e. The zero-order valence-corrected chi connectivity index (χ0v) is 9.39. The van der Waals surface area contributed by atoms with Crippen LogP contribution in [0, 0.1) is 0 Å². The Morgan fingerprint density at radius 3 is 2.53 bits per heavy atom. The molecule has 2 aromatic carbocycles. The summed E-state index contributed by atoms with van der Waals surface area (Å²) < 4.78 is 5.70. The first-order valence-corrected chi connectivity index (χ1v) is 5.65. The Kier molecular flexibility index (Phi) is 2.42. The lowest BCUT2D eigenvalue weighted by Gasteiger charge is -2.03. The van der Waals surface area contributed by atoms with Crippen LogP contribution in [0.3, 0.4) is 0 Å². The number of fused-ring (bicyclic) bond motifs is 1. The molecule has 0 fully saturated rings. The van der Waals surface area contributed by atoms with Crippen molar-refractivity contribution in [2.24, 2.45) is 5.73 Å². The highest BCUT2D eigenvalue weighted by atomic mass is 16.3. The Hall–Kier alpha value is -2.06. The second-order valence-corrected chi connectivity index (χ2v) is 4.00. The van der Waals surface area contributed by atoms with Gasteiger partial charge in [0.05, 0.1) is 6.54 Å². The summed E-state index contributed by atoms with van der Waals surface area (Å²) in [6.07, 6.45) is 0. The Morgan fingerprint density at radius 1 is 0.882 bits per heavy atom. The minimum absolute atomic E-state index is 0.435. The third-order valence-electron chi connectivity index (χ3n) is 2.92. The molecule has 0 saturated heterocycles. The average Bonchev–Trinajstić information content (AvgIpc) is 2.87. The molecular formula is C15H13NO. The Morgan fingerprint density at radius 2 is 1.71 bits per heavy atom. The fourth-order valence-corrected chi connectivity index (χ4v) is 2.07. The first-order valence-electron chi connectivity index (χ1n) is 5.65. The van der Waals surface area contributed by atoms with Crippen LogP contribution in [0.25, 0.3) is 22.1 Å². The maximum Gasteiger partial charge on any atom is 0.134 e. The lowest BCUT2D eigenvalue weighted by molar-refractivity contribution is 0.526. The van der Waals surface area contributed by atoms with E-state index in [2.05, 4.69) is 24.3 Å². The molecule has 0 aliphatic carbocycles. The van der Waals surface area contributed by atoms with E-state index in [1.165, 1.54) is 10.8 Å². The van der Waals surface area contributed by atoms with Crippen LogP contribution < -0.4 is 5.73 Å². The van der Waals surface area contributed by atoms with Gasteiger partial charge in [-0.05, 0) is 22.9 Å². The summed E-state index contributed by atoms with van der Waals surface area (Å²) in [6.45, 7) is 0.435. The lowest BCUT2D eigenvalue weighted by Crippen LogP contribution is -1.92. The quantitative estimate of drug-likeness (QED) is 0.721. The summed E-state index contributed by atoms with van der Waals surface area (Å²) in [4.78, 5) is 0. The molecule has 0 aliphatic rings. The van der Waals surface area contributed by atoms with Gasteiger partial charge in [-0.1, -0.05) is 42.5 Å². The summed E-state index contributed by atoms with van der Waals surface area (Å²) in [6, 6.07) is 18.4. The van der Waals surface area contributed by atoms with Crippen molar-refractivity contribution >= 4 is 10.8 Å². The fraction of sp³-hybridized carbons (Fsp3) is 0.0667. The van der Waals surface area contributed by atoms with Crippen molar-refractivity contribution in [3.63, 3.8) is 0 Å². The van der Waals surface area contributed by atoms with Crippen LogP contribution in [0.5, 0.6) is 0 Å². The minimum atomic E-state index is 0.435. The molecule has 0 aliphatic heterocycles. The van der Waals surface area contributed by atoms with Gasteiger partial charge in [0.1, 0.15) is 11.5 Å². The molecule has 2 N–H and O–H groups in total. The first-order chi connectivity index (χ1) is 8.38. The number of furan rings is 1. The molecule has 84 valence electrons. The molecule has 2 nitrogen and oxygen atoms in total. The Balaban J connectivity index is 2.23. The van der Waals surface area contributed by atoms with E-state index >= 15 is 0 Å². The van der Waals surface area contributed by atoms with Crippen LogP contribution in [-0.4, -0.2) is 0 Å². The van der Waals surface area contributed by atoms with E-state index < -0.39 is 0 Å². The standard InChI is InChI=1S/C15H13NO/c16-10-12-8-9-15(17-12)14-7-3-5-11-4-1-2-6-13(11)14/h1-9H,10,16H2. The van der Waals surface area contributed by atoms with Crippen LogP contribution >= 0.6 is 0 Å². The molecule has 0 radical (unpaired) electrons. The molecule has 3 aromatic rings. The van der Waals surface area contributed by atoms with Gasteiger partial charge in [0.15, 0.2) is 0 Å². The van der Waals surface area contributed by atoms with E-state index in [-0.39, 0.29) is 0 Å². The maximum absolute atomic E-state index is 5.70. The summed E-state index contributed by atoms with van der Waals surface area (Å²) in [5.41, 5.74) is 6.67. The van der Waals surface area contributed by atoms with E-state index in [9.17, 15) is 0 Å². The van der Waals surface area contributed by atoms with E-state index in [0.29, 0.717) is 6.54 Å². The average molecular weight is 223 g/mol. The van der Waals surface area contributed by atoms with Crippen molar-refractivity contribution in [1.82, 2.24) is 0 Å². The van der Waals surface area contributed by atoms with Crippen LogP contribution in [0.4, 0.5) is 0 Å². The third kappa shape index (κ3) is 1.73. The number of benzene rings is 2. The Labute approximate surface area is 99.7 Å². The molecule has 0 atom stereocenters. The van der Waals surface area contributed by atoms with Crippen LogP contribution in [0.1, 0.15) is 5.76 Å². The van der Waals surface area contributed by atoms with Gasteiger partial charge in [0.2, 0.25) is 0 Å². The zero-order chi connectivity index (χ0) is 11.7. The van der Waals surface area contributed by atoms with Crippen LogP contribution in [-0.2, 0) is 6.54 Å². The Bertz CT molecular complexity index is 649. The van der Waals surface area contributed by atoms with Gasteiger partial charge in [-0.25, -0.2) is 0 Å². The molecule has 0 spiro atoms. The van der Waals surface area contributed by atoms with Crippen LogP contribution in [0.15, 0.2) is 59.0 Å². The molecule has 3 rings (SSSR count). The van der Waals surface area contributed by atoms with Crippen LogP contribution in [0.2, 0.25) is 0 Å². The van der Waals surface area contributed by atoms with Crippen molar-refractivity contribution in [1.29, 1.82) is 0 Å². The largest absolute Gasteiger partial charge is 0.460 e. The molecule has 0 saturated carbocycles. The van der Waals surface area contributed by atoms with Gasteiger partial charge < -0.3 is 10.2 Å². The predicted octanol–water partition coefficient (Wildman–Crippen LogP) is 3.56. The molecular weight excluding hydrogens is 210 g/mol. The van der Waals surface area contributed by atoms with Crippen molar-refractivity contribution in [2.45, 2.75) is 6.54 Å². The van der Waals surface area contributed by atoms with Crippen molar-refractivity contribution in [2.75, 3.05) is 0 Å². The first kappa shape index (κ1) is 10.1. The number of nitrogens with two attached hydrogens (primary N) is 1. The molecule has 0 amide bonds. The maximum atomic E-state index is 5.70. The highest BCUT2D eigenvalue weighted by Crippen LogP contribution is 2.29. The zero-order valence-electron chi connectivity index (χ0n) is 9.39. The van der Waals surface area contributed by atoms with Gasteiger partial charge in [-0.2, -0.15) is 0 Å². The predicted molar refractivity (Wildman–Crippen MR) is 69.5 cm³/mol. The number of rotatable bonds is 2. The van der Waals surface area contributed by atoms with E-state index in [1.807, 2.05) is 30.3 Å². The number of hydrogen-bond acceptors (Lipinski definition) is 2. The SMILES string of the molecule is NCc1ccc(-c2cccc3ccccc23)o1. The van der Waals surface area contributed by atoms with Crippen molar-refractivity contribution < 1.29 is 4.42 Å². The molecule has 0 bridgehead atoms. The van der Waals surface area contributed by atoms with Crippen molar-refractivity contribution in [3.05, 3.63) is 60.4 Å². The monoisotopic (exact) mass is 223 g/mol. The van der Waals surface area contributed by atoms with Crippen molar-refractivity contribution in [3.8, 4) is 11.3 Å². The molecule has 1 heterocycles. The second kappa shape index (κ2) is 4.07. The van der Waals surface area contributed by atoms with E-state index in [1.54, 1.807) is 0 Å². The number of hydrogen-bond donors (Lipinski definition) is 1. The van der Waals surface area contributed by atoms with Gasteiger partial charge >= 0.3 is 0 Å². The summed E-state index contributed by atoms with van der Waals surface area (Å²) in [5, 5.41) is 2.42. The summed E-state index contributed by atoms with van der Waals surface area (Å²) >= 11 is 0. The molecule has 2 heteroatoms. The highest BCUT2D eigenvalue weighted by molar-refractivity contribution is 5.95. The molecule has 1 aromatic heterocycles. The molecule has 17 heavy (non-hydrogen) atoms. The van der Waals surface area contributed by atoms with Gasteiger partial charge in [0.25, 0.3) is 0 Å². The third-order valence-corrected chi connectivity index (χ3v) is 2.92. The van der Waals surface area contributed by atoms with Gasteiger partial charge in [-0.15, -0.1) is 0 Å². The van der Waals surface area contributed by atoms with E-state index in [4.69, 9.17) is 10.2 Å². The molecule has 0 unspecified atom stereocenters. The topological polar surface area (TPSA) is 39.2 Å². The highest BCUT2D eigenvalue weighted by Gasteiger charge is 2.07. The van der Waals surface area contributed by atoms with Gasteiger partial charge in [-0.3, -0.25) is 0 Å². The minimum Gasteiger partial charge on any atom is -0.460 e.